The summed E-state index contributed by atoms with van der Waals surface area (Å²) in [6.07, 6.45) is 5.32. The van der Waals surface area contributed by atoms with E-state index in [-0.39, 0.29) is 0 Å². The third-order valence-electron chi connectivity index (χ3n) is 4.81. The first-order valence-corrected chi connectivity index (χ1v) is 9.08. The van der Waals surface area contributed by atoms with E-state index in [1.165, 1.54) is 18.4 Å². The quantitative estimate of drug-likeness (QED) is 0.752. The van der Waals surface area contributed by atoms with Crippen LogP contribution in [0.2, 0.25) is 0 Å². The fourth-order valence-corrected chi connectivity index (χ4v) is 3.44. The normalized spacial score (nSPS) is 15.2. The van der Waals surface area contributed by atoms with E-state index in [1.54, 1.807) is 6.20 Å². The first kappa shape index (κ1) is 16.6. The molecule has 0 saturated carbocycles. The van der Waals surface area contributed by atoms with E-state index in [9.17, 15) is 0 Å². The number of hydrogen-bond acceptors (Lipinski definition) is 6. The molecule has 1 N–H and O–H groups in total. The fraction of sp³-hybridized carbons (Fsp3) is 0.350. The Morgan fingerprint density at radius 2 is 1.96 bits per heavy atom. The van der Waals surface area contributed by atoms with Crippen molar-refractivity contribution in [1.29, 1.82) is 0 Å². The minimum atomic E-state index is 0.544. The average molecular weight is 349 g/mol. The van der Waals surface area contributed by atoms with Crippen molar-refractivity contribution in [2.45, 2.75) is 26.2 Å². The fourth-order valence-electron chi connectivity index (χ4n) is 3.44. The Bertz CT molecular complexity index is 840. The number of piperidine rings is 1. The Hall–Kier alpha value is -2.89. The maximum absolute atomic E-state index is 5.07. The summed E-state index contributed by atoms with van der Waals surface area (Å²) in [4.78, 5) is 11.2. The Morgan fingerprint density at radius 1 is 1.15 bits per heavy atom. The van der Waals surface area contributed by atoms with E-state index in [0.29, 0.717) is 11.8 Å². The van der Waals surface area contributed by atoms with Crippen molar-refractivity contribution in [2.24, 2.45) is 5.92 Å². The Labute approximate surface area is 153 Å². The number of anilines is 3. The molecule has 0 spiro atoms. The molecular formula is C20H23N5O. The van der Waals surface area contributed by atoms with Gasteiger partial charge in [-0.15, -0.1) is 0 Å². The largest absolute Gasteiger partial charge is 0.360 e. The average Bonchev–Trinajstić information content (AvgIpc) is 3.08. The molecule has 3 heterocycles. The van der Waals surface area contributed by atoms with Gasteiger partial charge in [-0.3, -0.25) is 0 Å². The summed E-state index contributed by atoms with van der Waals surface area (Å²) in [5.41, 5.74) is 1.43. The summed E-state index contributed by atoms with van der Waals surface area (Å²) in [6, 6.07) is 14.6. The second kappa shape index (κ2) is 7.56. The molecule has 2 aromatic heterocycles. The molecule has 26 heavy (non-hydrogen) atoms. The third-order valence-corrected chi connectivity index (χ3v) is 4.81. The maximum Gasteiger partial charge on any atom is 0.230 e. The van der Waals surface area contributed by atoms with Crippen molar-refractivity contribution < 1.29 is 4.52 Å². The van der Waals surface area contributed by atoms with Gasteiger partial charge in [-0.25, -0.2) is 4.98 Å². The predicted octanol–water partition coefficient (Wildman–Crippen LogP) is 3.98. The number of rotatable bonds is 5. The van der Waals surface area contributed by atoms with Crippen LogP contribution < -0.4 is 10.2 Å². The van der Waals surface area contributed by atoms with Crippen LogP contribution in [0.1, 0.15) is 24.2 Å². The van der Waals surface area contributed by atoms with Crippen LogP contribution in [0.4, 0.5) is 17.6 Å². The van der Waals surface area contributed by atoms with Gasteiger partial charge in [-0.05, 0) is 43.7 Å². The van der Waals surface area contributed by atoms with E-state index < -0.39 is 0 Å². The molecule has 4 rings (SSSR count). The summed E-state index contributed by atoms with van der Waals surface area (Å²) < 4.78 is 5.07. The molecule has 6 nitrogen and oxygen atoms in total. The molecule has 0 amide bonds. The summed E-state index contributed by atoms with van der Waals surface area (Å²) in [6.45, 7) is 3.91. The number of nitrogens with zero attached hydrogens (tertiary/aromatic N) is 4. The van der Waals surface area contributed by atoms with Gasteiger partial charge in [0.1, 0.15) is 11.6 Å². The van der Waals surface area contributed by atoms with E-state index >= 15 is 0 Å². The summed E-state index contributed by atoms with van der Waals surface area (Å²) in [5, 5.41) is 7.02. The highest BCUT2D eigenvalue weighted by molar-refractivity contribution is 5.50. The van der Waals surface area contributed by atoms with E-state index in [4.69, 9.17) is 4.52 Å². The molecule has 0 bridgehead atoms. The van der Waals surface area contributed by atoms with Crippen LogP contribution in [0.3, 0.4) is 0 Å². The van der Waals surface area contributed by atoms with Crippen molar-refractivity contribution >= 4 is 17.6 Å². The molecule has 6 heteroatoms. The molecule has 1 aromatic carbocycles. The summed E-state index contributed by atoms with van der Waals surface area (Å²) in [7, 11) is 0. The number of aromatic nitrogens is 3. The zero-order valence-corrected chi connectivity index (χ0v) is 14.9. The van der Waals surface area contributed by atoms with Crippen LogP contribution in [0.25, 0.3) is 0 Å². The molecule has 1 aliphatic rings. The molecule has 3 aromatic rings. The number of nitrogens with one attached hydrogen (secondary N) is 1. The predicted molar refractivity (Wildman–Crippen MR) is 102 cm³/mol. The highest BCUT2D eigenvalue weighted by Gasteiger charge is 2.20. The van der Waals surface area contributed by atoms with Crippen molar-refractivity contribution in [3.05, 3.63) is 60.0 Å². The summed E-state index contributed by atoms with van der Waals surface area (Å²) in [5.74, 6) is 3.62. The SMILES string of the molecule is Cc1cc(Nc2nccc(N3CCC(Cc4ccccc4)CC3)n2)no1. The van der Waals surface area contributed by atoms with Gasteiger partial charge in [0.05, 0.1) is 0 Å². The lowest BCUT2D eigenvalue weighted by Crippen LogP contribution is -2.35. The maximum atomic E-state index is 5.07. The van der Waals surface area contributed by atoms with Gasteiger partial charge in [0, 0.05) is 25.4 Å². The first-order chi connectivity index (χ1) is 12.8. The third kappa shape index (κ3) is 4.02. The number of hydrogen-bond donors (Lipinski definition) is 1. The Kier molecular flexibility index (Phi) is 4.82. The van der Waals surface area contributed by atoms with Crippen molar-refractivity contribution in [1.82, 2.24) is 15.1 Å². The first-order valence-electron chi connectivity index (χ1n) is 9.08. The van der Waals surface area contributed by atoms with Crippen LogP contribution >= 0.6 is 0 Å². The van der Waals surface area contributed by atoms with Crippen molar-refractivity contribution in [3.63, 3.8) is 0 Å². The topological polar surface area (TPSA) is 67.1 Å². The highest BCUT2D eigenvalue weighted by atomic mass is 16.5. The second-order valence-electron chi connectivity index (χ2n) is 6.81. The van der Waals surface area contributed by atoms with Crippen molar-refractivity contribution in [3.8, 4) is 0 Å². The zero-order valence-electron chi connectivity index (χ0n) is 14.9. The van der Waals surface area contributed by atoms with Gasteiger partial charge in [0.2, 0.25) is 5.95 Å². The van der Waals surface area contributed by atoms with Gasteiger partial charge in [-0.2, -0.15) is 4.98 Å². The van der Waals surface area contributed by atoms with Crippen LogP contribution in [0.5, 0.6) is 0 Å². The van der Waals surface area contributed by atoms with Gasteiger partial charge in [-0.1, -0.05) is 35.5 Å². The lowest BCUT2D eigenvalue weighted by atomic mass is 9.90. The van der Waals surface area contributed by atoms with E-state index in [0.717, 1.165) is 37.0 Å². The number of aryl methyl sites for hydroxylation is 1. The lowest BCUT2D eigenvalue weighted by Gasteiger charge is -2.33. The highest BCUT2D eigenvalue weighted by Crippen LogP contribution is 2.25. The monoisotopic (exact) mass is 349 g/mol. The minimum Gasteiger partial charge on any atom is -0.360 e. The van der Waals surface area contributed by atoms with Crippen LogP contribution in [0, 0.1) is 12.8 Å². The Balaban J connectivity index is 1.36. The van der Waals surface area contributed by atoms with E-state index in [1.807, 2.05) is 19.1 Å². The lowest BCUT2D eigenvalue weighted by molar-refractivity contribution is 0.400. The number of benzene rings is 1. The van der Waals surface area contributed by atoms with E-state index in [2.05, 4.69) is 55.7 Å². The van der Waals surface area contributed by atoms with Gasteiger partial charge < -0.3 is 14.7 Å². The molecule has 1 aliphatic heterocycles. The molecule has 0 radical (unpaired) electrons. The molecule has 134 valence electrons. The smallest absolute Gasteiger partial charge is 0.230 e. The van der Waals surface area contributed by atoms with Crippen LogP contribution in [0.15, 0.2) is 53.2 Å². The molecule has 1 saturated heterocycles. The molecule has 0 aliphatic carbocycles. The van der Waals surface area contributed by atoms with Crippen molar-refractivity contribution in [2.75, 3.05) is 23.3 Å². The molecule has 0 unspecified atom stereocenters. The molecule has 0 atom stereocenters. The van der Waals surface area contributed by atoms with Crippen LogP contribution in [-0.2, 0) is 6.42 Å². The Morgan fingerprint density at radius 3 is 2.69 bits per heavy atom. The zero-order chi connectivity index (χ0) is 17.8. The second-order valence-corrected chi connectivity index (χ2v) is 6.81. The van der Waals surface area contributed by atoms with Crippen LogP contribution in [-0.4, -0.2) is 28.2 Å². The minimum absolute atomic E-state index is 0.544. The van der Waals surface area contributed by atoms with Gasteiger partial charge in [0.15, 0.2) is 5.82 Å². The van der Waals surface area contributed by atoms with Gasteiger partial charge in [0.25, 0.3) is 0 Å². The van der Waals surface area contributed by atoms with Gasteiger partial charge >= 0.3 is 0 Å². The summed E-state index contributed by atoms with van der Waals surface area (Å²) >= 11 is 0. The standard InChI is InChI=1S/C20H23N5O/c1-15-13-18(24-26-15)22-20-21-10-7-19(23-20)25-11-8-17(9-12-25)14-16-5-3-2-4-6-16/h2-7,10,13,17H,8-9,11-12,14H2,1H3,(H,21,22,23,24). The molecule has 1 fully saturated rings. The molecular weight excluding hydrogens is 326 g/mol.